The highest BCUT2D eigenvalue weighted by Crippen LogP contribution is 2.31. The fourth-order valence-corrected chi connectivity index (χ4v) is 3.75. The first kappa shape index (κ1) is 15.1. The van der Waals surface area contributed by atoms with E-state index in [0.717, 1.165) is 15.7 Å². The van der Waals surface area contributed by atoms with E-state index in [1.165, 1.54) is 4.88 Å². The molecular formula is C15H17BrN2OS. The summed E-state index contributed by atoms with van der Waals surface area (Å²) in [5, 5.41) is 8.19. The van der Waals surface area contributed by atoms with Crippen LogP contribution in [0.5, 0.6) is 0 Å². The van der Waals surface area contributed by atoms with E-state index < -0.39 is 0 Å². The molecular weight excluding hydrogens is 336 g/mol. The molecule has 0 bridgehead atoms. The maximum absolute atomic E-state index is 11.6. The molecule has 1 amide bonds. The van der Waals surface area contributed by atoms with Crippen LogP contribution in [0.2, 0.25) is 0 Å². The average Bonchev–Trinajstić information content (AvgIpc) is 2.86. The van der Waals surface area contributed by atoms with Crippen LogP contribution in [0.15, 0.2) is 34.1 Å². The molecule has 1 aromatic carbocycles. The zero-order valence-corrected chi connectivity index (χ0v) is 14.1. The van der Waals surface area contributed by atoms with Crippen molar-refractivity contribution < 1.29 is 4.79 Å². The molecule has 2 N–H and O–H groups in total. The molecule has 0 radical (unpaired) electrons. The summed E-state index contributed by atoms with van der Waals surface area (Å²) >= 11 is 5.28. The second-order valence-corrected chi connectivity index (χ2v) is 6.41. The number of hydrogen-bond acceptors (Lipinski definition) is 3. The van der Waals surface area contributed by atoms with Gasteiger partial charge in [0.25, 0.3) is 5.91 Å². The molecule has 1 unspecified atom stereocenters. The molecule has 0 aliphatic rings. The SMILES string of the molecule is CNC(=O)c1ccc(NC(C)c2sccc2Br)c(C)c1. The second-order valence-electron chi connectivity index (χ2n) is 4.61. The zero-order chi connectivity index (χ0) is 14.7. The fourth-order valence-electron chi connectivity index (χ4n) is 2.02. The van der Waals surface area contributed by atoms with E-state index in [-0.39, 0.29) is 11.9 Å². The standard InChI is InChI=1S/C15H17BrN2OS/c1-9-8-11(15(19)17-3)4-5-13(9)18-10(2)14-12(16)6-7-20-14/h4-8,10,18H,1-3H3,(H,17,19). The normalized spacial score (nSPS) is 12.0. The van der Waals surface area contributed by atoms with Gasteiger partial charge in [0.1, 0.15) is 0 Å². The maximum Gasteiger partial charge on any atom is 0.251 e. The molecule has 3 nitrogen and oxygen atoms in total. The van der Waals surface area contributed by atoms with Crippen LogP contribution in [0.4, 0.5) is 5.69 Å². The average molecular weight is 353 g/mol. The summed E-state index contributed by atoms with van der Waals surface area (Å²) in [6, 6.07) is 7.97. The highest BCUT2D eigenvalue weighted by atomic mass is 79.9. The number of aryl methyl sites for hydroxylation is 1. The summed E-state index contributed by atoms with van der Waals surface area (Å²) in [6.45, 7) is 4.13. The number of amides is 1. The first-order valence-electron chi connectivity index (χ1n) is 6.35. The molecule has 0 aliphatic carbocycles. The molecule has 1 aromatic heterocycles. The van der Waals surface area contributed by atoms with Gasteiger partial charge in [-0.1, -0.05) is 0 Å². The van der Waals surface area contributed by atoms with Crippen molar-refractivity contribution >= 4 is 38.9 Å². The largest absolute Gasteiger partial charge is 0.377 e. The Kier molecular flexibility index (Phi) is 4.83. The summed E-state index contributed by atoms with van der Waals surface area (Å²) in [7, 11) is 1.64. The molecule has 2 aromatic rings. The Morgan fingerprint density at radius 2 is 2.10 bits per heavy atom. The fraction of sp³-hybridized carbons (Fsp3) is 0.267. The van der Waals surface area contributed by atoms with Gasteiger partial charge in [0.2, 0.25) is 0 Å². The Morgan fingerprint density at radius 3 is 2.65 bits per heavy atom. The lowest BCUT2D eigenvalue weighted by molar-refractivity contribution is 0.0963. The van der Waals surface area contributed by atoms with Gasteiger partial charge in [-0.15, -0.1) is 11.3 Å². The second kappa shape index (κ2) is 6.41. The Balaban J connectivity index is 2.18. The van der Waals surface area contributed by atoms with Crippen molar-refractivity contribution in [2.75, 3.05) is 12.4 Å². The van der Waals surface area contributed by atoms with E-state index in [2.05, 4.69) is 44.9 Å². The molecule has 0 saturated heterocycles. The van der Waals surface area contributed by atoms with E-state index in [4.69, 9.17) is 0 Å². The van der Waals surface area contributed by atoms with Gasteiger partial charge in [-0.2, -0.15) is 0 Å². The van der Waals surface area contributed by atoms with E-state index >= 15 is 0 Å². The molecule has 1 atom stereocenters. The minimum atomic E-state index is -0.0614. The Morgan fingerprint density at radius 1 is 1.35 bits per heavy atom. The summed E-state index contributed by atoms with van der Waals surface area (Å²) in [6.07, 6.45) is 0. The van der Waals surface area contributed by atoms with Crippen LogP contribution in [0.3, 0.4) is 0 Å². The molecule has 2 rings (SSSR count). The van der Waals surface area contributed by atoms with Crippen LogP contribution < -0.4 is 10.6 Å². The van der Waals surface area contributed by atoms with Crippen molar-refractivity contribution in [3.63, 3.8) is 0 Å². The van der Waals surface area contributed by atoms with Gasteiger partial charge in [-0.3, -0.25) is 4.79 Å². The van der Waals surface area contributed by atoms with Crippen LogP contribution in [-0.4, -0.2) is 13.0 Å². The minimum Gasteiger partial charge on any atom is -0.377 e. The predicted octanol–water partition coefficient (Wildman–Crippen LogP) is 4.35. The van der Waals surface area contributed by atoms with Gasteiger partial charge in [0, 0.05) is 27.6 Å². The summed E-state index contributed by atoms with van der Waals surface area (Å²) in [4.78, 5) is 12.9. The molecule has 1 heterocycles. The van der Waals surface area contributed by atoms with E-state index in [9.17, 15) is 4.79 Å². The predicted molar refractivity (Wildman–Crippen MR) is 88.6 cm³/mol. The number of hydrogen-bond donors (Lipinski definition) is 2. The van der Waals surface area contributed by atoms with Crippen LogP contribution in [0.25, 0.3) is 0 Å². The van der Waals surface area contributed by atoms with Crippen molar-refractivity contribution in [2.45, 2.75) is 19.9 Å². The monoisotopic (exact) mass is 352 g/mol. The van der Waals surface area contributed by atoms with Gasteiger partial charge in [-0.25, -0.2) is 0 Å². The summed E-state index contributed by atoms with van der Waals surface area (Å²) < 4.78 is 1.13. The van der Waals surface area contributed by atoms with Crippen LogP contribution in [-0.2, 0) is 0 Å². The van der Waals surface area contributed by atoms with Gasteiger partial charge in [-0.05, 0) is 65.0 Å². The van der Waals surface area contributed by atoms with Crippen molar-refractivity contribution in [3.8, 4) is 0 Å². The van der Waals surface area contributed by atoms with Crippen molar-refractivity contribution in [2.24, 2.45) is 0 Å². The molecule has 0 fully saturated rings. The number of anilines is 1. The van der Waals surface area contributed by atoms with Gasteiger partial charge >= 0.3 is 0 Å². The third-order valence-electron chi connectivity index (χ3n) is 3.13. The quantitative estimate of drug-likeness (QED) is 0.858. The number of thiophene rings is 1. The Hall–Kier alpha value is -1.33. The van der Waals surface area contributed by atoms with Crippen LogP contribution in [0, 0.1) is 6.92 Å². The molecule has 106 valence electrons. The lowest BCUT2D eigenvalue weighted by atomic mass is 10.1. The maximum atomic E-state index is 11.6. The molecule has 0 aliphatic heterocycles. The zero-order valence-electron chi connectivity index (χ0n) is 11.7. The topological polar surface area (TPSA) is 41.1 Å². The third kappa shape index (κ3) is 3.22. The lowest BCUT2D eigenvalue weighted by Gasteiger charge is -2.17. The first-order chi connectivity index (χ1) is 9.52. The molecule has 0 saturated carbocycles. The number of carbonyl (C=O) groups excluding carboxylic acids is 1. The summed E-state index contributed by atoms with van der Waals surface area (Å²) in [5.41, 5.74) is 2.79. The van der Waals surface area contributed by atoms with Gasteiger partial charge in [0.15, 0.2) is 0 Å². The molecule has 0 spiro atoms. The highest BCUT2D eigenvalue weighted by Gasteiger charge is 2.12. The Bertz CT molecular complexity index is 624. The van der Waals surface area contributed by atoms with Crippen molar-refractivity contribution in [1.29, 1.82) is 0 Å². The van der Waals surface area contributed by atoms with Crippen LogP contribution >= 0.6 is 27.3 Å². The number of halogens is 1. The number of nitrogens with one attached hydrogen (secondary N) is 2. The third-order valence-corrected chi connectivity index (χ3v) is 5.18. The van der Waals surface area contributed by atoms with E-state index in [0.29, 0.717) is 5.56 Å². The minimum absolute atomic E-state index is 0.0614. The number of benzene rings is 1. The van der Waals surface area contributed by atoms with Crippen LogP contribution in [0.1, 0.15) is 33.8 Å². The molecule has 5 heteroatoms. The Labute approximate surface area is 131 Å². The van der Waals surface area contributed by atoms with Crippen molar-refractivity contribution in [3.05, 3.63) is 50.1 Å². The molecule has 20 heavy (non-hydrogen) atoms. The first-order valence-corrected chi connectivity index (χ1v) is 8.02. The summed E-state index contributed by atoms with van der Waals surface area (Å²) in [5.74, 6) is -0.0614. The highest BCUT2D eigenvalue weighted by molar-refractivity contribution is 9.10. The van der Waals surface area contributed by atoms with Gasteiger partial charge in [0.05, 0.1) is 6.04 Å². The van der Waals surface area contributed by atoms with Gasteiger partial charge < -0.3 is 10.6 Å². The van der Waals surface area contributed by atoms with Crippen molar-refractivity contribution in [1.82, 2.24) is 5.32 Å². The smallest absolute Gasteiger partial charge is 0.251 e. The van der Waals surface area contributed by atoms with E-state index in [1.54, 1.807) is 18.4 Å². The lowest BCUT2D eigenvalue weighted by Crippen LogP contribution is -2.18. The van der Waals surface area contributed by atoms with E-state index in [1.807, 2.05) is 25.1 Å². The number of rotatable bonds is 4. The number of carbonyl (C=O) groups is 1.